The van der Waals surface area contributed by atoms with Crippen LogP contribution >= 0.6 is 0 Å². The Bertz CT molecular complexity index is 1330. The molecule has 2 atom stereocenters. The van der Waals surface area contributed by atoms with Gasteiger partial charge < -0.3 is 16.0 Å². The lowest BCUT2D eigenvalue weighted by atomic mass is 9.88. The maximum Gasteiger partial charge on any atom is 0.405 e. The average molecular weight is 592 g/mol. The Kier molecular flexibility index (Phi) is 8.35. The highest BCUT2D eigenvalue weighted by atomic mass is 19.4. The molecule has 1 aromatic heterocycles. The lowest BCUT2D eigenvalue weighted by Gasteiger charge is -2.28. The number of nitrogens with zero attached hydrogens (tertiary/aromatic N) is 2. The second-order valence-electron chi connectivity index (χ2n) is 12.2. The van der Waals surface area contributed by atoms with E-state index in [0.29, 0.717) is 28.7 Å². The van der Waals surface area contributed by atoms with Gasteiger partial charge in [-0.15, -0.1) is 0 Å². The number of carbonyl (C=O) groups excluding carboxylic acids is 3. The Balaban J connectivity index is 1.39. The van der Waals surface area contributed by atoms with Gasteiger partial charge in [-0.3, -0.25) is 19.1 Å². The fourth-order valence-electron chi connectivity index (χ4n) is 5.86. The van der Waals surface area contributed by atoms with Gasteiger partial charge in [0, 0.05) is 12.2 Å². The number of benzene rings is 1. The summed E-state index contributed by atoms with van der Waals surface area (Å²) in [5, 5.41) is 11.7. The van der Waals surface area contributed by atoms with E-state index in [1.54, 1.807) is 10.7 Å². The number of carbonyl (C=O) groups is 3. The normalized spacial score (nSPS) is 18.6. The van der Waals surface area contributed by atoms with Crippen molar-refractivity contribution in [1.29, 1.82) is 0 Å². The van der Waals surface area contributed by atoms with Crippen LogP contribution in [-0.4, -0.2) is 46.3 Å². The van der Waals surface area contributed by atoms with Crippen LogP contribution in [0.5, 0.6) is 0 Å². The molecule has 1 heterocycles. The molecule has 0 spiro atoms. The second-order valence-corrected chi connectivity index (χ2v) is 12.2. The summed E-state index contributed by atoms with van der Waals surface area (Å²) in [4.78, 5) is 39.7. The molecule has 1 aromatic carbocycles. The Morgan fingerprint density at radius 2 is 1.64 bits per heavy atom. The van der Waals surface area contributed by atoms with Crippen molar-refractivity contribution >= 4 is 23.4 Å². The number of alkyl halides is 3. The Hall–Kier alpha value is -3.44. The van der Waals surface area contributed by atoms with Crippen LogP contribution < -0.4 is 16.0 Å². The number of amides is 3. The molecule has 3 aliphatic rings. The zero-order chi connectivity index (χ0) is 30.3. The van der Waals surface area contributed by atoms with E-state index in [4.69, 9.17) is 0 Å². The second kappa shape index (κ2) is 11.7. The first kappa shape index (κ1) is 30.0. The van der Waals surface area contributed by atoms with Crippen LogP contribution in [0.1, 0.15) is 98.8 Å². The number of halogens is 4. The van der Waals surface area contributed by atoms with E-state index in [9.17, 15) is 27.6 Å². The van der Waals surface area contributed by atoms with E-state index in [2.05, 4.69) is 15.7 Å². The molecule has 42 heavy (non-hydrogen) atoms. The zero-order valence-electron chi connectivity index (χ0n) is 23.9. The largest absolute Gasteiger partial charge is 0.405 e. The van der Waals surface area contributed by atoms with Gasteiger partial charge in [-0.25, -0.2) is 4.39 Å². The predicted molar refractivity (Wildman–Crippen MR) is 147 cm³/mol. The molecule has 3 saturated carbocycles. The molecule has 3 N–H and O–H groups in total. The summed E-state index contributed by atoms with van der Waals surface area (Å²) < 4.78 is 55.0. The quantitative estimate of drug-likeness (QED) is 0.286. The minimum Gasteiger partial charge on any atom is -0.346 e. The summed E-state index contributed by atoms with van der Waals surface area (Å²) in [7, 11) is 0. The van der Waals surface area contributed by atoms with E-state index in [1.807, 2.05) is 19.2 Å². The minimum absolute atomic E-state index is 0.0200. The predicted octanol–water partition coefficient (Wildman–Crippen LogP) is 5.44. The molecule has 3 aliphatic carbocycles. The van der Waals surface area contributed by atoms with Crippen molar-refractivity contribution in [3.63, 3.8) is 0 Å². The molecular formula is C30H37F4N5O3. The van der Waals surface area contributed by atoms with Crippen molar-refractivity contribution in [2.24, 2.45) is 17.8 Å². The molecule has 12 heteroatoms. The first-order valence-electron chi connectivity index (χ1n) is 14.7. The van der Waals surface area contributed by atoms with E-state index in [-0.39, 0.29) is 23.6 Å². The smallest absolute Gasteiger partial charge is 0.346 e. The molecule has 8 nitrogen and oxygen atoms in total. The first-order chi connectivity index (χ1) is 19.8. The van der Waals surface area contributed by atoms with Crippen molar-refractivity contribution in [3.8, 4) is 0 Å². The molecular weight excluding hydrogens is 554 g/mol. The van der Waals surface area contributed by atoms with Crippen LogP contribution in [0.3, 0.4) is 0 Å². The summed E-state index contributed by atoms with van der Waals surface area (Å²) >= 11 is 0. The van der Waals surface area contributed by atoms with Gasteiger partial charge in [-0.05, 0) is 112 Å². The number of aromatic nitrogens is 2. The Morgan fingerprint density at radius 3 is 2.19 bits per heavy atom. The van der Waals surface area contributed by atoms with Crippen LogP contribution in [0, 0.1) is 23.6 Å². The van der Waals surface area contributed by atoms with Crippen LogP contribution in [0.2, 0.25) is 0 Å². The Labute approximate surface area is 242 Å². The number of nitrogens with one attached hydrogen (secondary N) is 3. The zero-order valence-corrected chi connectivity index (χ0v) is 23.9. The van der Waals surface area contributed by atoms with Gasteiger partial charge in [0.25, 0.3) is 5.91 Å². The molecule has 0 saturated heterocycles. The summed E-state index contributed by atoms with van der Waals surface area (Å²) in [5.74, 6) is -3.08. The van der Waals surface area contributed by atoms with Gasteiger partial charge in [0.05, 0.1) is 11.6 Å². The lowest BCUT2D eigenvalue weighted by Crippen LogP contribution is -2.50. The maximum absolute atomic E-state index is 15.5. The molecule has 2 aromatic rings. The SMILES string of the molecule is CC(C(=O)NCC(F)(F)F)c1cc(F)c(NC(=O)[C@@H](NC(=O)c2ccnn2C(C)C)C(C2CC2)C2CC2)cc1C1CC1. The average Bonchev–Trinajstić information content (AvgIpc) is 3.78. The highest BCUT2D eigenvalue weighted by Crippen LogP contribution is 2.51. The van der Waals surface area contributed by atoms with Gasteiger partial charge in [-0.2, -0.15) is 18.3 Å². The maximum atomic E-state index is 15.5. The van der Waals surface area contributed by atoms with Crippen molar-refractivity contribution in [2.45, 2.75) is 89.4 Å². The molecule has 3 amide bonds. The third-order valence-corrected chi connectivity index (χ3v) is 8.45. The summed E-state index contributed by atoms with van der Waals surface area (Å²) in [5.41, 5.74) is 1.18. The topological polar surface area (TPSA) is 105 Å². The van der Waals surface area contributed by atoms with Gasteiger partial charge in [0.15, 0.2) is 0 Å². The number of hydrogen-bond donors (Lipinski definition) is 3. The third-order valence-electron chi connectivity index (χ3n) is 8.45. The van der Waals surface area contributed by atoms with Crippen molar-refractivity contribution in [1.82, 2.24) is 20.4 Å². The highest BCUT2D eigenvalue weighted by molar-refractivity contribution is 6.01. The monoisotopic (exact) mass is 591 g/mol. The number of rotatable bonds is 12. The van der Waals surface area contributed by atoms with Crippen LogP contribution in [0.25, 0.3) is 0 Å². The van der Waals surface area contributed by atoms with E-state index in [0.717, 1.165) is 44.6 Å². The fraction of sp³-hybridized carbons (Fsp3) is 0.600. The minimum atomic E-state index is -4.56. The molecule has 1 unspecified atom stereocenters. The summed E-state index contributed by atoms with van der Waals surface area (Å²) in [6.07, 6.45) is 2.41. The molecule has 5 rings (SSSR count). The van der Waals surface area contributed by atoms with Crippen LogP contribution in [-0.2, 0) is 9.59 Å². The molecule has 0 radical (unpaired) electrons. The summed E-state index contributed by atoms with van der Waals surface area (Å²) in [6, 6.07) is 3.27. The van der Waals surface area contributed by atoms with Gasteiger partial charge in [0.2, 0.25) is 11.8 Å². The lowest BCUT2D eigenvalue weighted by molar-refractivity contribution is -0.139. The van der Waals surface area contributed by atoms with Crippen LogP contribution in [0.15, 0.2) is 24.4 Å². The highest BCUT2D eigenvalue weighted by Gasteiger charge is 2.48. The molecule has 0 bridgehead atoms. The molecule has 3 fully saturated rings. The van der Waals surface area contributed by atoms with Gasteiger partial charge >= 0.3 is 6.18 Å². The van der Waals surface area contributed by atoms with E-state index < -0.39 is 48.2 Å². The first-order valence-corrected chi connectivity index (χ1v) is 14.7. The van der Waals surface area contributed by atoms with Gasteiger partial charge in [0.1, 0.15) is 24.1 Å². The van der Waals surface area contributed by atoms with E-state index in [1.165, 1.54) is 19.2 Å². The van der Waals surface area contributed by atoms with Crippen LogP contribution in [0.4, 0.5) is 23.2 Å². The fourth-order valence-corrected chi connectivity index (χ4v) is 5.86. The van der Waals surface area contributed by atoms with Crippen molar-refractivity contribution in [2.75, 3.05) is 11.9 Å². The Morgan fingerprint density at radius 1 is 1.00 bits per heavy atom. The third kappa shape index (κ3) is 6.95. The number of anilines is 1. The molecule has 228 valence electrons. The van der Waals surface area contributed by atoms with Gasteiger partial charge in [-0.1, -0.05) is 0 Å². The van der Waals surface area contributed by atoms with Crippen molar-refractivity contribution in [3.05, 3.63) is 47.0 Å². The standard InChI is InChI=1S/C30H37F4N5O3/c1-15(2)39-24(10-11-36-39)28(41)38-26(25(18-6-7-18)19-8-9-19)29(42)37-23-13-21(17-4-5-17)20(12-22(23)31)16(3)27(40)35-14-30(32,33)34/h10-13,15-19,25-26H,4-9,14H2,1-3H3,(H,35,40)(H,37,42)(H,38,41)/t16?,26-/m0/s1. The summed E-state index contributed by atoms with van der Waals surface area (Å²) in [6.45, 7) is 3.76. The van der Waals surface area contributed by atoms with E-state index >= 15 is 4.39 Å². The number of hydrogen-bond acceptors (Lipinski definition) is 4. The van der Waals surface area contributed by atoms with Crippen molar-refractivity contribution < 1.29 is 31.9 Å². The molecule has 0 aliphatic heterocycles.